The first-order valence-corrected chi connectivity index (χ1v) is 9.27. The zero-order chi connectivity index (χ0) is 21.4. The number of anilines is 1. The average Bonchev–Trinajstić information content (AvgIpc) is 2.75. The first-order chi connectivity index (χ1) is 13.8. The molecule has 0 bridgehead atoms. The van der Waals surface area contributed by atoms with Gasteiger partial charge in [-0.1, -0.05) is 44.2 Å². The van der Waals surface area contributed by atoms with E-state index in [0.717, 1.165) is 0 Å². The number of esters is 1. The Balaban J connectivity index is 2.00. The molecule has 0 unspecified atom stereocenters. The second-order valence-corrected chi connectivity index (χ2v) is 6.79. The van der Waals surface area contributed by atoms with Gasteiger partial charge in [-0.15, -0.1) is 0 Å². The third-order valence-corrected chi connectivity index (χ3v) is 4.41. The minimum Gasteiger partial charge on any atom is -0.496 e. The monoisotopic (exact) mass is 398 g/mol. The molecule has 0 aliphatic heterocycles. The van der Waals surface area contributed by atoms with Crippen molar-refractivity contribution in [2.75, 3.05) is 25.7 Å². The number of carbonyl (C=O) groups is 3. The minimum absolute atomic E-state index is 0.233. The number of nitrogens with one attached hydrogen (secondary N) is 1. The highest BCUT2D eigenvalue weighted by Gasteiger charge is 2.28. The van der Waals surface area contributed by atoms with E-state index < -0.39 is 24.5 Å². The number of carbonyl (C=O) groups excluding carboxylic acids is 3. The number of hydrogen-bond acceptors (Lipinski definition) is 5. The first-order valence-electron chi connectivity index (χ1n) is 9.27. The normalized spacial score (nSPS) is 11.5. The lowest BCUT2D eigenvalue weighted by Gasteiger charge is -2.22. The predicted molar refractivity (Wildman–Crippen MR) is 110 cm³/mol. The Hall–Kier alpha value is -3.35. The molecule has 2 aromatic carbocycles. The molecule has 29 heavy (non-hydrogen) atoms. The van der Waals surface area contributed by atoms with Crippen molar-refractivity contribution in [2.45, 2.75) is 19.9 Å². The number of benzene rings is 2. The fraction of sp³-hybridized carbons (Fsp3) is 0.318. The Labute approximate surface area is 170 Å². The van der Waals surface area contributed by atoms with Gasteiger partial charge in [0.05, 0.1) is 12.7 Å². The average molecular weight is 398 g/mol. The maximum Gasteiger partial charge on any atom is 0.329 e. The second-order valence-electron chi connectivity index (χ2n) is 6.79. The smallest absolute Gasteiger partial charge is 0.329 e. The molecule has 1 N–H and O–H groups in total. The molecule has 0 fully saturated rings. The molecule has 1 atom stereocenters. The Morgan fingerprint density at radius 1 is 1.00 bits per heavy atom. The third kappa shape index (κ3) is 5.81. The SMILES string of the molecule is COc1ccccc1C(=O)N[C@H](C(=O)OCC(=O)N(C)c1ccccc1)C(C)C. The lowest BCUT2D eigenvalue weighted by Crippen LogP contribution is -2.46. The van der Waals surface area contributed by atoms with E-state index in [2.05, 4.69) is 5.32 Å². The van der Waals surface area contributed by atoms with Crippen LogP contribution in [0.3, 0.4) is 0 Å². The molecule has 2 aromatic rings. The van der Waals surface area contributed by atoms with E-state index in [1.807, 2.05) is 18.2 Å². The highest BCUT2D eigenvalue weighted by atomic mass is 16.5. The van der Waals surface area contributed by atoms with Gasteiger partial charge in [0.15, 0.2) is 6.61 Å². The summed E-state index contributed by atoms with van der Waals surface area (Å²) in [7, 11) is 3.07. The molecular formula is C22H26N2O5. The van der Waals surface area contributed by atoms with E-state index in [1.165, 1.54) is 12.0 Å². The number of hydrogen-bond donors (Lipinski definition) is 1. The molecule has 0 aliphatic carbocycles. The van der Waals surface area contributed by atoms with Gasteiger partial charge < -0.3 is 19.7 Å². The summed E-state index contributed by atoms with van der Waals surface area (Å²) in [6, 6.07) is 14.9. The summed E-state index contributed by atoms with van der Waals surface area (Å²) < 4.78 is 10.4. The zero-order valence-corrected chi connectivity index (χ0v) is 17.0. The van der Waals surface area contributed by atoms with Gasteiger partial charge in [-0.05, 0) is 30.2 Å². The van der Waals surface area contributed by atoms with Crippen LogP contribution in [0.2, 0.25) is 0 Å². The molecule has 0 spiro atoms. The lowest BCUT2D eigenvalue weighted by molar-refractivity contribution is -0.150. The summed E-state index contributed by atoms with van der Waals surface area (Å²) in [5.74, 6) is -1.32. The van der Waals surface area contributed by atoms with Crippen LogP contribution in [0.25, 0.3) is 0 Å². The maximum atomic E-state index is 12.6. The van der Waals surface area contributed by atoms with Crippen LogP contribution in [0, 0.1) is 5.92 Å². The minimum atomic E-state index is -0.901. The van der Waals surface area contributed by atoms with Crippen LogP contribution in [0.15, 0.2) is 54.6 Å². The highest BCUT2D eigenvalue weighted by Crippen LogP contribution is 2.18. The third-order valence-electron chi connectivity index (χ3n) is 4.41. The molecule has 0 saturated heterocycles. The van der Waals surface area contributed by atoms with Crippen molar-refractivity contribution in [1.29, 1.82) is 0 Å². The van der Waals surface area contributed by atoms with E-state index in [4.69, 9.17) is 9.47 Å². The molecule has 7 heteroatoms. The van der Waals surface area contributed by atoms with Crippen molar-refractivity contribution in [2.24, 2.45) is 5.92 Å². The van der Waals surface area contributed by atoms with Crippen LogP contribution < -0.4 is 15.0 Å². The molecule has 154 valence electrons. The van der Waals surface area contributed by atoms with Crippen molar-refractivity contribution in [1.82, 2.24) is 5.32 Å². The number of ether oxygens (including phenoxy) is 2. The maximum absolute atomic E-state index is 12.6. The Kier molecular flexibility index (Phi) is 7.77. The number of para-hydroxylation sites is 2. The first kappa shape index (κ1) is 21.9. The number of amides is 2. The van der Waals surface area contributed by atoms with Gasteiger partial charge in [0, 0.05) is 12.7 Å². The summed E-state index contributed by atoms with van der Waals surface area (Å²) in [5.41, 5.74) is 1.01. The van der Waals surface area contributed by atoms with Crippen LogP contribution in [-0.2, 0) is 14.3 Å². The topological polar surface area (TPSA) is 84.9 Å². The van der Waals surface area contributed by atoms with Crippen molar-refractivity contribution in [3.05, 3.63) is 60.2 Å². The number of rotatable bonds is 8. The summed E-state index contributed by atoms with van der Waals surface area (Å²) in [5, 5.41) is 2.67. The molecule has 7 nitrogen and oxygen atoms in total. The van der Waals surface area contributed by atoms with E-state index in [1.54, 1.807) is 57.3 Å². The van der Waals surface area contributed by atoms with E-state index in [0.29, 0.717) is 17.0 Å². The van der Waals surface area contributed by atoms with Gasteiger partial charge in [-0.2, -0.15) is 0 Å². The number of likely N-dealkylation sites (N-methyl/N-ethyl adjacent to an activating group) is 1. The van der Waals surface area contributed by atoms with Crippen molar-refractivity contribution in [3.63, 3.8) is 0 Å². The number of nitrogens with zero attached hydrogens (tertiary/aromatic N) is 1. The zero-order valence-electron chi connectivity index (χ0n) is 17.0. The van der Waals surface area contributed by atoms with Crippen LogP contribution in [0.4, 0.5) is 5.69 Å². The Morgan fingerprint density at radius 2 is 1.62 bits per heavy atom. The van der Waals surface area contributed by atoms with Crippen molar-refractivity contribution < 1.29 is 23.9 Å². The van der Waals surface area contributed by atoms with Crippen LogP contribution in [0.1, 0.15) is 24.2 Å². The second kappa shape index (κ2) is 10.3. The summed E-state index contributed by atoms with van der Waals surface area (Å²) in [6.07, 6.45) is 0. The van der Waals surface area contributed by atoms with Gasteiger partial charge in [-0.25, -0.2) is 4.79 Å². The van der Waals surface area contributed by atoms with Crippen molar-refractivity contribution in [3.8, 4) is 5.75 Å². The molecule has 0 aromatic heterocycles. The molecule has 2 amide bonds. The summed E-state index contributed by atoms with van der Waals surface area (Å²) in [4.78, 5) is 38.9. The fourth-order valence-corrected chi connectivity index (χ4v) is 2.66. The Morgan fingerprint density at radius 3 is 2.24 bits per heavy atom. The summed E-state index contributed by atoms with van der Waals surface area (Å²) >= 11 is 0. The van der Waals surface area contributed by atoms with Gasteiger partial charge in [0.25, 0.3) is 11.8 Å². The molecule has 0 heterocycles. The standard InChI is InChI=1S/C22H26N2O5/c1-15(2)20(23-21(26)17-12-8-9-13-18(17)28-4)22(27)29-14-19(25)24(3)16-10-6-5-7-11-16/h5-13,15,20H,14H2,1-4H3,(H,23,26)/t20-/m0/s1. The highest BCUT2D eigenvalue weighted by molar-refractivity contribution is 5.99. The Bertz CT molecular complexity index is 851. The molecule has 0 aliphatic rings. The quantitative estimate of drug-likeness (QED) is 0.691. The van der Waals surface area contributed by atoms with Crippen molar-refractivity contribution >= 4 is 23.5 Å². The largest absolute Gasteiger partial charge is 0.496 e. The van der Waals surface area contributed by atoms with Gasteiger partial charge in [0.1, 0.15) is 11.8 Å². The fourth-order valence-electron chi connectivity index (χ4n) is 2.66. The van der Waals surface area contributed by atoms with Crippen LogP contribution in [-0.4, -0.2) is 44.6 Å². The summed E-state index contributed by atoms with van der Waals surface area (Å²) in [6.45, 7) is 3.15. The molecular weight excluding hydrogens is 372 g/mol. The van der Waals surface area contributed by atoms with E-state index in [-0.39, 0.29) is 11.8 Å². The van der Waals surface area contributed by atoms with Gasteiger partial charge >= 0.3 is 5.97 Å². The molecule has 0 saturated carbocycles. The van der Waals surface area contributed by atoms with E-state index >= 15 is 0 Å². The van der Waals surface area contributed by atoms with Gasteiger partial charge in [-0.3, -0.25) is 9.59 Å². The van der Waals surface area contributed by atoms with Gasteiger partial charge in [0.2, 0.25) is 0 Å². The van der Waals surface area contributed by atoms with Crippen LogP contribution >= 0.6 is 0 Å². The molecule has 2 rings (SSSR count). The van der Waals surface area contributed by atoms with Crippen LogP contribution in [0.5, 0.6) is 5.75 Å². The lowest BCUT2D eigenvalue weighted by atomic mass is 10.0. The predicted octanol–water partition coefficient (Wildman–Crippen LogP) is 2.66. The van der Waals surface area contributed by atoms with E-state index in [9.17, 15) is 14.4 Å². The number of methoxy groups -OCH3 is 1. The molecule has 0 radical (unpaired) electrons.